The van der Waals surface area contributed by atoms with E-state index in [0.717, 1.165) is 14.7 Å². The Morgan fingerprint density at radius 2 is 2.00 bits per heavy atom. The molecule has 1 amide bonds. The van der Waals surface area contributed by atoms with Crippen molar-refractivity contribution in [2.45, 2.75) is 6.92 Å². The average molecular weight is 386 g/mol. The summed E-state index contributed by atoms with van der Waals surface area (Å²) in [4.78, 5) is 11.7. The topological polar surface area (TPSA) is 54.6 Å². The Kier molecular flexibility index (Phi) is 4.55. The number of nitrogens with one attached hydrogen (secondary N) is 1. The van der Waals surface area contributed by atoms with E-state index >= 15 is 0 Å². The van der Waals surface area contributed by atoms with Gasteiger partial charge in [0.1, 0.15) is 11.5 Å². The van der Waals surface area contributed by atoms with Crippen LogP contribution < -0.4 is 5.43 Å². The molecule has 19 heavy (non-hydrogen) atoms. The standard InChI is InChI=1S/C13H10Br2N2O2/c1-8-12(15)6-11(19-8)7-16-17-13(18)9-2-4-10(14)5-3-9/h2-7H,1H3,(H,17,18)/b16-7-. The lowest BCUT2D eigenvalue weighted by Crippen LogP contribution is -2.17. The maximum absolute atomic E-state index is 11.7. The Labute approximate surface area is 127 Å². The molecule has 0 aliphatic carbocycles. The van der Waals surface area contributed by atoms with Gasteiger partial charge in [-0.1, -0.05) is 15.9 Å². The maximum Gasteiger partial charge on any atom is 0.271 e. The van der Waals surface area contributed by atoms with Crippen molar-refractivity contribution in [2.75, 3.05) is 0 Å². The first-order valence-corrected chi connectivity index (χ1v) is 7.00. The number of benzene rings is 1. The molecule has 0 fully saturated rings. The van der Waals surface area contributed by atoms with Gasteiger partial charge in [-0.15, -0.1) is 0 Å². The van der Waals surface area contributed by atoms with Gasteiger partial charge in [0, 0.05) is 16.1 Å². The Balaban J connectivity index is 1.98. The minimum atomic E-state index is -0.272. The van der Waals surface area contributed by atoms with E-state index in [1.165, 1.54) is 6.21 Å². The second kappa shape index (κ2) is 6.16. The summed E-state index contributed by atoms with van der Waals surface area (Å²) >= 11 is 6.64. The third kappa shape index (κ3) is 3.78. The smallest absolute Gasteiger partial charge is 0.271 e. The van der Waals surface area contributed by atoms with E-state index in [0.29, 0.717) is 11.3 Å². The number of aryl methyl sites for hydroxylation is 1. The molecule has 2 rings (SSSR count). The van der Waals surface area contributed by atoms with Crippen molar-refractivity contribution in [3.05, 3.63) is 56.4 Å². The molecular weight excluding hydrogens is 376 g/mol. The van der Waals surface area contributed by atoms with Gasteiger partial charge in [0.05, 0.1) is 10.7 Å². The molecule has 0 radical (unpaired) electrons. The van der Waals surface area contributed by atoms with Crippen molar-refractivity contribution < 1.29 is 9.21 Å². The quantitative estimate of drug-likeness (QED) is 0.643. The number of nitrogens with zero attached hydrogens (tertiary/aromatic N) is 1. The van der Waals surface area contributed by atoms with Crippen LogP contribution in [0.3, 0.4) is 0 Å². The summed E-state index contributed by atoms with van der Waals surface area (Å²) < 4.78 is 7.15. The molecule has 6 heteroatoms. The SMILES string of the molecule is Cc1oc(/C=N\NC(=O)c2ccc(Br)cc2)cc1Br. The summed E-state index contributed by atoms with van der Waals surface area (Å²) in [6, 6.07) is 8.80. The minimum absolute atomic E-state index is 0.272. The number of carbonyl (C=O) groups is 1. The minimum Gasteiger partial charge on any atom is -0.459 e. The third-order valence-corrected chi connectivity index (χ3v) is 3.66. The monoisotopic (exact) mass is 384 g/mol. The third-order valence-electron chi connectivity index (χ3n) is 2.34. The van der Waals surface area contributed by atoms with Crippen LogP contribution in [-0.2, 0) is 0 Å². The van der Waals surface area contributed by atoms with Gasteiger partial charge in [-0.05, 0) is 47.1 Å². The first kappa shape index (κ1) is 14.0. The van der Waals surface area contributed by atoms with E-state index in [1.807, 2.05) is 6.92 Å². The molecule has 0 atom stereocenters. The fraction of sp³-hybridized carbons (Fsp3) is 0.0769. The number of halogens is 2. The molecular formula is C13H10Br2N2O2. The lowest BCUT2D eigenvalue weighted by Gasteiger charge is -1.99. The maximum atomic E-state index is 11.7. The highest BCUT2D eigenvalue weighted by molar-refractivity contribution is 9.10. The Bertz CT molecular complexity index is 599. The van der Waals surface area contributed by atoms with E-state index in [4.69, 9.17) is 4.42 Å². The first-order valence-electron chi connectivity index (χ1n) is 5.41. The van der Waals surface area contributed by atoms with Gasteiger partial charge in [0.25, 0.3) is 5.91 Å². The van der Waals surface area contributed by atoms with Gasteiger partial charge < -0.3 is 4.42 Å². The molecule has 0 spiro atoms. The van der Waals surface area contributed by atoms with Gasteiger partial charge in [-0.25, -0.2) is 5.43 Å². The van der Waals surface area contributed by atoms with Gasteiger partial charge in [-0.2, -0.15) is 5.10 Å². The van der Waals surface area contributed by atoms with Crippen LogP contribution >= 0.6 is 31.9 Å². The number of hydrogen-bond acceptors (Lipinski definition) is 3. The van der Waals surface area contributed by atoms with Crippen molar-refractivity contribution in [1.82, 2.24) is 5.43 Å². The summed E-state index contributed by atoms with van der Waals surface area (Å²) in [5.41, 5.74) is 2.97. The summed E-state index contributed by atoms with van der Waals surface area (Å²) in [6.45, 7) is 1.84. The summed E-state index contributed by atoms with van der Waals surface area (Å²) in [5, 5.41) is 3.84. The van der Waals surface area contributed by atoms with Crippen molar-refractivity contribution in [1.29, 1.82) is 0 Å². The molecule has 98 valence electrons. The molecule has 4 nitrogen and oxygen atoms in total. The van der Waals surface area contributed by atoms with E-state index in [1.54, 1.807) is 30.3 Å². The van der Waals surface area contributed by atoms with Crippen LogP contribution in [0.5, 0.6) is 0 Å². The van der Waals surface area contributed by atoms with Crippen LogP contribution in [0, 0.1) is 6.92 Å². The molecule has 2 aromatic rings. The molecule has 1 aromatic carbocycles. The molecule has 1 N–H and O–H groups in total. The highest BCUT2D eigenvalue weighted by atomic mass is 79.9. The van der Waals surface area contributed by atoms with Gasteiger partial charge in [0.15, 0.2) is 0 Å². The number of hydrogen-bond donors (Lipinski definition) is 1. The van der Waals surface area contributed by atoms with Crippen molar-refractivity contribution in [2.24, 2.45) is 5.10 Å². The van der Waals surface area contributed by atoms with E-state index in [-0.39, 0.29) is 5.91 Å². The van der Waals surface area contributed by atoms with E-state index in [9.17, 15) is 4.79 Å². The molecule has 0 aliphatic heterocycles. The van der Waals surface area contributed by atoms with Crippen LogP contribution in [0.2, 0.25) is 0 Å². The second-order valence-electron chi connectivity index (χ2n) is 3.76. The molecule has 0 saturated heterocycles. The number of hydrazone groups is 1. The molecule has 0 saturated carbocycles. The Morgan fingerprint density at radius 1 is 1.32 bits per heavy atom. The Hall–Kier alpha value is -1.40. The fourth-order valence-corrected chi connectivity index (χ4v) is 1.94. The molecule has 1 aromatic heterocycles. The van der Waals surface area contributed by atoms with Gasteiger partial charge >= 0.3 is 0 Å². The van der Waals surface area contributed by atoms with E-state index in [2.05, 4.69) is 42.4 Å². The van der Waals surface area contributed by atoms with Gasteiger partial charge in [-0.3, -0.25) is 4.79 Å². The number of furan rings is 1. The zero-order valence-corrected chi connectivity index (χ0v) is 13.2. The molecule has 0 bridgehead atoms. The predicted molar refractivity (Wildman–Crippen MR) is 80.3 cm³/mol. The highest BCUT2D eigenvalue weighted by Crippen LogP contribution is 2.19. The van der Waals surface area contributed by atoms with Crippen molar-refractivity contribution >= 4 is 44.0 Å². The number of amides is 1. The summed E-state index contributed by atoms with van der Waals surface area (Å²) in [5.74, 6) is 1.06. The predicted octanol–water partition coefficient (Wildman–Crippen LogP) is 3.88. The first-order chi connectivity index (χ1) is 9.06. The molecule has 1 heterocycles. The number of carbonyl (C=O) groups excluding carboxylic acids is 1. The lowest BCUT2D eigenvalue weighted by atomic mass is 10.2. The van der Waals surface area contributed by atoms with Crippen LogP contribution in [0.25, 0.3) is 0 Å². The zero-order valence-electron chi connectivity index (χ0n) is 9.98. The van der Waals surface area contributed by atoms with Crippen molar-refractivity contribution in [3.63, 3.8) is 0 Å². The fourth-order valence-electron chi connectivity index (χ4n) is 1.37. The normalized spacial score (nSPS) is 10.9. The van der Waals surface area contributed by atoms with Crippen LogP contribution in [0.4, 0.5) is 0 Å². The summed E-state index contributed by atoms with van der Waals surface area (Å²) in [6.07, 6.45) is 1.45. The number of rotatable bonds is 3. The second-order valence-corrected chi connectivity index (χ2v) is 5.53. The Morgan fingerprint density at radius 3 is 2.58 bits per heavy atom. The largest absolute Gasteiger partial charge is 0.459 e. The highest BCUT2D eigenvalue weighted by Gasteiger charge is 2.04. The van der Waals surface area contributed by atoms with Gasteiger partial charge in [0.2, 0.25) is 0 Å². The lowest BCUT2D eigenvalue weighted by molar-refractivity contribution is 0.0955. The zero-order chi connectivity index (χ0) is 13.8. The van der Waals surface area contributed by atoms with Crippen molar-refractivity contribution in [3.8, 4) is 0 Å². The van der Waals surface area contributed by atoms with E-state index < -0.39 is 0 Å². The van der Waals surface area contributed by atoms with Crippen LogP contribution in [0.1, 0.15) is 21.9 Å². The van der Waals surface area contributed by atoms with Crippen LogP contribution in [0.15, 0.2) is 48.8 Å². The average Bonchev–Trinajstić information content (AvgIpc) is 2.69. The summed E-state index contributed by atoms with van der Waals surface area (Å²) in [7, 11) is 0. The molecule has 0 aliphatic rings. The van der Waals surface area contributed by atoms with Crippen LogP contribution in [-0.4, -0.2) is 12.1 Å². The molecule has 0 unspecified atom stereocenters.